The highest BCUT2D eigenvalue weighted by molar-refractivity contribution is 5.23. The maximum atomic E-state index is 11.0. The van der Waals surface area contributed by atoms with E-state index in [1.807, 2.05) is 13.0 Å². The molecule has 2 aliphatic carbocycles. The molecule has 0 unspecified atom stereocenters. The maximum Gasteiger partial charge on any atom is 0.187 e. The van der Waals surface area contributed by atoms with E-state index in [0.29, 0.717) is 6.42 Å². The lowest BCUT2D eigenvalue weighted by Crippen LogP contribution is -2.66. The molecule has 0 aromatic rings. The van der Waals surface area contributed by atoms with E-state index in [2.05, 4.69) is 0 Å². The van der Waals surface area contributed by atoms with Gasteiger partial charge in [0.1, 0.15) is 24.4 Å². The Balaban J connectivity index is 1.99. The third-order valence-corrected chi connectivity index (χ3v) is 7.51. The summed E-state index contributed by atoms with van der Waals surface area (Å²) >= 11 is 0. The molecule has 1 aliphatic heterocycles. The third kappa shape index (κ3) is 3.85. The fourth-order valence-electron chi connectivity index (χ4n) is 5.48. The summed E-state index contributed by atoms with van der Waals surface area (Å²) < 4.78 is 11.7. The zero-order chi connectivity index (χ0) is 22.6. The molecule has 0 aromatic carbocycles. The number of ether oxygens (including phenoxy) is 2. The van der Waals surface area contributed by atoms with E-state index in [1.54, 1.807) is 20.8 Å². The molecule has 0 amide bonds. The van der Waals surface area contributed by atoms with Crippen LogP contribution in [0.4, 0.5) is 0 Å². The Hall–Kier alpha value is -0.620. The molecule has 3 aliphatic rings. The number of rotatable bonds is 4. The topological polar surface area (TPSA) is 160 Å². The van der Waals surface area contributed by atoms with Crippen molar-refractivity contribution < 1.29 is 45.2 Å². The molecule has 0 spiro atoms. The number of hydrogen-bond donors (Lipinski definition) is 7. The summed E-state index contributed by atoms with van der Waals surface area (Å²) in [6.07, 6.45) is -7.25. The first kappa shape index (κ1) is 24.0. The van der Waals surface area contributed by atoms with E-state index >= 15 is 0 Å². The van der Waals surface area contributed by atoms with Crippen LogP contribution in [-0.2, 0) is 9.47 Å². The van der Waals surface area contributed by atoms with Gasteiger partial charge in [0.05, 0.1) is 30.5 Å². The van der Waals surface area contributed by atoms with E-state index in [9.17, 15) is 35.7 Å². The highest BCUT2D eigenvalue weighted by Crippen LogP contribution is 2.55. The largest absolute Gasteiger partial charge is 0.394 e. The molecule has 30 heavy (non-hydrogen) atoms. The number of hydrogen-bond acceptors (Lipinski definition) is 9. The monoisotopic (exact) mass is 432 g/mol. The Morgan fingerprint density at radius 1 is 1.10 bits per heavy atom. The summed E-state index contributed by atoms with van der Waals surface area (Å²) in [5.41, 5.74) is -1.33. The molecule has 3 rings (SSSR count). The molecular formula is C21H36O9. The Labute approximate surface area is 176 Å². The van der Waals surface area contributed by atoms with Gasteiger partial charge in [0.25, 0.3) is 0 Å². The standard InChI is InChI=1S/C21H36O9/c1-9-5-6-12(23)21(4)13(24)7-10(20(2,3)28)18(14(9)21)30-19-17(27)16(26)15(25)11(8-22)29-19/h5,10-19,22-28H,6-8H2,1-4H3/t10-,11+,12+,13+,14+,15+,16-,17+,18+,19-,21+/m0/s1. The normalized spacial score (nSPS) is 50.0. The van der Waals surface area contributed by atoms with Gasteiger partial charge in [-0.2, -0.15) is 0 Å². The van der Waals surface area contributed by atoms with Gasteiger partial charge in [-0.1, -0.05) is 18.6 Å². The van der Waals surface area contributed by atoms with Gasteiger partial charge in [-0.15, -0.1) is 0 Å². The van der Waals surface area contributed by atoms with Crippen molar-refractivity contribution in [1.82, 2.24) is 0 Å². The van der Waals surface area contributed by atoms with Crippen LogP contribution < -0.4 is 0 Å². The highest BCUT2D eigenvalue weighted by atomic mass is 16.7. The van der Waals surface area contributed by atoms with Gasteiger partial charge in [-0.25, -0.2) is 0 Å². The molecule has 1 saturated carbocycles. The van der Waals surface area contributed by atoms with Crippen LogP contribution in [0.3, 0.4) is 0 Å². The maximum absolute atomic E-state index is 11.0. The van der Waals surface area contributed by atoms with E-state index in [4.69, 9.17) is 9.47 Å². The second-order valence-electron chi connectivity index (χ2n) is 9.85. The van der Waals surface area contributed by atoms with Crippen molar-refractivity contribution in [2.45, 2.75) is 95.2 Å². The summed E-state index contributed by atoms with van der Waals surface area (Å²) in [5, 5.41) is 72.7. The minimum absolute atomic E-state index is 0.156. The molecule has 0 radical (unpaired) electrons. The fraction of sp³-hybridized carbons (Fsp3) is 0.905. The molecule has 174 valence electrons. The van der Waals surface area contributed by atoms with Gasteiger partial charge in [0, 0.05) is 17.3 Å². The second-order valence-corrected chi connectivity index (χ2v) is 9.85. The Kier molecular flexibility index (Phi) is 6.71. The smallest absolute Gasteiger partial charge is 0.187 e. The molecule has 9 nitrogen and oxygen atoms in total. The molecule has 7 N–H and O–H groups in total. The van der Waals surface area contributed by atoms with Gasteiger partial charge in [-0.3, -0.25) is 0 Å². The van der Waals surface area contributed by atoms with Crippen molar-refractivity contribution in [3.8, 4) is 0 Å². The van der Waals surface area contributed by atoms with Crippen LogP contribution in [0.25, 0.3) is 0 Å². The predicted molar refractivity (Wildman–Crippen MR) is 105 cm³/mol. The number of fused-ring (bicyclic) bond motifs is 1. The zero-order valence-electron chi connectivity index (χ0n) is 17.9. The summed E-state index contributed by atoms with van der Waals surface area (Å²) in [6.45, 7) is 6.29. The SMILES string of the molecule is CC1=CC[C@@H](O)[C@]2(C)[C@H](O)C[C@H](C(C)(C)O)[C@@H](O[C@@H]3O[C@H](CO)[C@@H](O)[C@H](O)[C@H]3O)[C@@H]12. The summed E-state index contributed by atoms with van der Waals surface area (Å²) in [6, 6.07) is 0. The minimum atomic E-state index is -1.59. The summed E-state index contributed by atoms with van der Waals surface area (Å²) in [7, 11) is 0. The van der Waals surface area contributed by atoms with Crippen molar-refractivity contribution in [2.24, 2.45) is 17.3 Å². The van der Waals surface area contributed by atoms with Gasteiger partial charge in [0.15, 0.2) is 6.29 Å². The van der Waals surface area contributed by atoms with Crippen LogP contribution in [0, 0.1) is 17.3 Å². The summed E-state index contributed by atoms with van der Waals surface area (Å²) in [4.78, 5) is 0. The Morgan fingerprint density at radius 2 is 1.73 bits per heavy atom. The lowest BCUT2D eigenvalue weighted by molar-refractivity contribution is -0.334. The van der Waals surface area contributed by atoms with Gasteiger partial charge < -0.3 is 45.2 Å². The number of aliphatic hydroxyl groups is 7. The first-order chi connectivity index (χ1) is 13.8. The Bertz CT molecular complexity index is 645. The van der Waals surface area contributed by atoms with E-state index in [1.165, 1.54) is 0 Å². The van der Waals surface area contributed by atoms with Crippen LogP contribution in [0.5, 0.6) is 0 Å². The average Bonchev–Trinajstić information content (AvgIpc) is 2.66. The molecule has 9 heteroatoms. The van der Waals surface area contributed by atoms with Crippen LogP contribution in [0.1, 0.15) is 40.5 Å². The predicted octanol–water partition coefficient (Wildman–Crippen LogP) is -1.34. The van der Waals surface area contributed by atoms with E-state index in [0.717, 1.165) is 5.57 Å². The van der Waals surface area contributed by atoms with Gasteiger partial charge in [0.2, 0.25) is 0 Å². The quantitative estimate of drug-likeness (QED) is 0.267. The van der Waals surface area contributed by atoms with Gasteiger partial charge >= 0.3 is 0 Å². The van der Waals surface area contributed by atoms with E-state index in [-0.39, 0.29) is 6.42 Å². The third-order valence-electron chi connectivity index (χ3n) is 7.51. The molecular weight excluding hydrogens is 396 g/mol. The first-order valence-electron chi connectivity index (χ1n) is 10.5. The first-order valence-corrected chi connectivity index (χ1v) is 10.5. The lowest BCUT2D eigenvalue weighted by atomic mass is 9.52. The molecule has 0 aromatic heterocycles. The van der Waals surface area contributed by atoms with Crippen LogP contribution >= 0.6 is 0 Å². The molecule has 1 heterocycles. The molecule has 0 bridgehead atoms. The molecule has 2 fully saturated rings. The van der Waals surface area contributed by atoms with E-state index < -0.39 is 78.5 Å². The van der Waals surface area contributed by atoms with Crippen molar-refractivity contribution >= 4 is 0 Å². The van der Waals surface area contributed by atoms with Crippen LogP contribution in [-0.4, -0.2) is 97.0 Å². The fourth-order valence-corrected chi connectivity index (χ4v) is 5.48. The zero-order valence-corrected chi connectivity index (χ0v) is 17.9. The minimum Gasteiger partial charge on any atom is -0.394 e. The molecule has 1 saturated heterocycles. The van der Waals surface area contributed by atoms with Crippen molar-refractivity contribution in [2.75, 3.05) is 6.61 Å². The van der Waals surface area contributed by atoms with Crippen molar-refractivity contribution in [3.63, 3.8) is 0 Å². The Morgan fingerprint density at radius 3 is 2.30 bits per heavy atom. The average molecular weight is 433 g/mol. The molecule has 11 atom stereocenters. The second kappa shape index (κ2) is 8.38. The van der Waals surface area contributed by atoms with Crippen molar-refractivity contribution in [3.05, 3.63) is 11.6 Å². The highest BCUT2D eigenvalue weighted by Gasteiger charge is 2.60. The lowest BCUT2D eigenvalue weighted by Gasteiger charge is -2.58. The van der Waals surface area contributed by atoms with Gasteiger partial charge in [-0.05, 0) is 33.6 Å². The van der Waals surface area contributed by atoms with Crippen molar-refractivity contribution in [1.29, 1.82) is 0 Å². The number of aliphatic hydroxyl groups excluding tert-OH is 6. The van der Waals surface area contributed by atoms with Crippen LogP contribution in [0.15, 0.2) is 11.6 Å². The summed E-state index contributed by atoms with van der Waals surface area (Å²) in [5.74, 6) is -1.07. The van der Waals surface area contributed by atoms with Crippen LogP contribution in [0.2, 0.25) is 0 Å².